The molecule has 0 bridgehead atoms. The maximum Gasteiger partial charge on any atom is 0.227 e. The summed E-state index contributed by atoms with van der Waals surface area (Å²) >= 11 is 0. The lowest BCUT2D eigenvalue weighted by atomic mass is 9.99. The molecule has 3 nitrogen and oxygen atoms in total. The number of hydrogen-bond donors (Lipinski definition) is 0. The molecule has 0 radical (unpaired) electrons. The first kappa shape index (κ1) is 18.9. The van der Waals surface area contributed by atoms with Crippen LogP contribution < -0.4 is 4.74 Å². The monoisotopic (exact) mass is 403 g/mol. The molecular formula is C28H21NO2. The number of oxazole rings is 1. The van der Waals surface area contributed by atoms with E-state index in [4.69, 9.17) is 14.1 Å². The zero-order valence-electron chi connectivity index (χ0n) is 17.2. The van der Waals surface area contributed by atoms with E-state index >= 15 is 0 Å². The van der Waals surface area contributed by atoms with Crippen LogP contribution in [0.5, 0.6) is 5.75 Å². The largest absolute Gasteiger partial charge is 0.497 e. The van der Waals surface area contributed by atoms with E-state index in [0.29, 0.717) is 5.89 Å². The van der Waals surface area contributed by atoms with Crippen molar-refractivity contribution in [3.05, 3.63) is 109 Å². The normalized spacial score (nSPS) is 10.7. The Hall–Kier alpha value is -4.11. The van der Waals surface area contributed by atoms with E-state index in [9.17, 15) is 0 Å². The third-order valence-corrected chi connectivity index (χ3v) is 5.25. The lowest BCUT2D eigenvalue weighted by molar-refractivity contribution is 0.415. The second kappa shape index (κ2) is 8.33. The fourth-order valence-electron chi connectivity index (χ4n) is 3.72. The molecular weight excluding hydrogens is 382 g/mol. The van der Waals surface area contributed by atoms with Crippen LogP contribution in [-0.4, -0.2) is 12.1 Å². The Morgan fingerprint density at radius 1 is 0.613 bits per heavy atom. The molecule has 0 amide bonds. The maximum atomic E-state index is 6.42. The van der Waals surface area contributed by atoms with Crippen molar-refractivity contribution in [2.24, 2.45) is 0 Å². The van der Waals surface area contributed by atoms with Crippen LogP contribution in [0.4, 0.5) is 0 Å². The molecule has 0 N–H and O–H groups in total. The van der Waals surface area contributed by atoms with Gasteiger partial charge in [-0.2, -0.15) is 0 Å². The Morgan fingerprint density at radius 2 is 1.23 bits per heavy atom. The zero-order valence-corrected chi connectivity index (χ0v) is 17.2. The zero-order chi connectivity index (χ0) is 21.0. The second-order valence-electron chi connectivity index (χ2n) is 7.21. The molecule has 0 aliphatic carbocycles. The summed E-state index contributed by atoms with van der Waals surface area (Å²) < 4.78 is 11.8. The summed E-state index contributed by atoms with van der Waals surface area (Å²) in [6.07, 6.45) is 0. The SMILES string of the molecule is COc1cccc(-c2ccccc2-c2nc(-c3ccccc3)c(-c3ccccc3)o2)c1. The van der Waals surface area contributed by atoms with Crippen molar-refractivity contribution < 1.29 is 9.15 Å². The van der Waals surface area contributed by atoms with Gasteiger partial charge in [-0.1, -0.05) is 91.0 Å². The molecule has 31 heavy (non-hydrogen) atoms. The Bertz CT molecular complexity index is 1250. The standard InChI is InChI=1S/C28H21NO2/c1-30-23-16-10-15-22(19-23)24-17-8-9-18-25(24)28-29-26(20-11-4-2-5-12-20)27(31-28)21-13-6-3-7-14-21/h2-19H,1H3. The summed E-state index contributed by atoms with van der Waals surface area (Å²) in [5, 5.41) is 0. The molecule has 0 atom stereocenters. The van der Waals surface area contributed by atoms with Crippen LogP contribution in [0, 0.1) is 0 Å². The Labute approximate surface area is 181 Å². The van der Waals surface area contributed by atoms with Crippen molar-refractivity contribution >= 4 is 0 Å². The van der Waals surface area contributed by atoms with E-state index in [0.717, 1.165) is 45.0 Å². The fourth-order valence-corrected chi connectivity index (χ4v) is 3.72. The van der Waals surface area contributed by atoms with Crippen LogP contribution >= 0.6 is 0 Å². The molecule has 4 aromatic carbocycles. The fraction of sp³-hybridized carbons (Fsp3) is 0.0357. The van der Waals surface area contributed by atoms with Crippen molar-refractivity contribution in [1.82, 2.24) is 4.98 Å². The molecule has 0 spiro atoms. The summed E-state index contributed by atoms with van der Waals surface area (Å²) in [6.45, 7) is 0. The minimum absolute atomic E-state index is 0.594. The third kappa shape index (κ3) is 3.74. The number of hydrogen-bond acceptors (Lipinski definition) is 3. The minimum Gasteiger partial charge on any atom is -0.497 e. The van der Waals surface area contributed by atoms with Gasteiger partial charge in [0, 0.05) is 16.7 Å². The van der Waals surface area contributed by atoms with Gasteiger partial charge in [0.15, 0.2) is 5.76 Å². The van der Waals surface area contributed by atoms with Crippen LogP contribution in [0.1, 0.15) is 0 Å². The van der Waals surface area contributed by atoms with Gasteiger partial charge in [-0.15, -0.1) is 0 Å². The smallest absolute Gasteiger partial charge is 0.227 e. The topological polar surface area (TPSA) is 35.3 Å². The predicted octanol–water partition coefficient (Wildman–Crippen LogP) is 7.35. The van der Waals surface area contributed by atoms with E-state index in [1.54, 1.807) is 7.11 Å². The number of methoxy groups -OCH3 is 1. The summed E-state index contributed by atoms with van der Waals surface area (Å²) in [7, 11) is 1.68. The highest BCUT2D eigenvalue weighted by Crippen LogP contribution is 2.39. The highest BCUT2D eigenvalue weighted by molar-refractivity contribution is 5.84. The van der Waals surface area contributed by atoms with E-state index in [-0.39, 0.29) is 0 Å². The summed E-state index contributed by atoms with van der Waals surface area (Å²) in [5.74, 6) is 2.17. The third-order valence-electron chi connectivity index (χ3n) is 5.25. The number of ether oxygens (including phenoxy) is 1. The van der Waals surface area contributed by atoms with Crippen LogP contribution in [0.25, 0.3) is 45.2 Å². The van der Waals surface area contributed by atoms with Gasteiger partial charge in [0.25, 0.3) is 0 Å². The van der Waals surface area contributed by atoms with Gasteiger partial charge in [0.05, 0.1) is 7.11 Å². The summed E-state index contributed by atoms with van der Waals surface area (Å²) in [6, 6.07) is 36.5. The summed E-state index contributed by atoms with van der Waals surface area (Å²) in [4.78, 5) is 4.96. The van der Waals surface area contributed by atoms with E-state index in [1.807, 2.05) is 84.9 Å². The molecule has 0 aliphatic rings. The number of aromatic nitrogens is 1. The maximum absolute atomic E-state index is 6.42. The molecule has 1 aromatic heterocycles. The van der Waals surface area contributed by atoms with Crippen LogP contribution in [0.15, 0.2) is 114 Å². The molecule has 5 rings (SSSR count). The van der Waals surface area contributed by atoms with Crippen molar-refractivity contribution in [3.63, 3.8) is 0 Å². The van der Waals surface area contributed by atoms with Gasteiger partial charge >= 0.3 is 0 Å². The first-order valence-corrected chi connectivity index (χ1v) is 10.2. The molecule has 3 heteroatoms. The summed E-state index contributed by atoms with van der Waals surface area (Å²) in [5.41, 5.74) is 5.89. The van der Waals surface area contributed by atoms with Crippen molar-refractivity contribution in [3.8, 4) is 50.9 Å². The molecule has 5 aromatic rings. The molecule has 0 saturated heterocycles. The van der Waals surface area contributed by atoms with Gasteiger partial charge in [0.1, 0.15) is 11.4 Å². The number of rotatable bonds is 5. The van der Waals surface area contributed by atoms with E-state index in [1.165, 1.54) is 0 Å². The first-order chi connectivity index (χ1) is 15.3. The number of benzene rings is 4. The van der Waals surface area contributed by atoms with Crippen LogP contribution in [0.2, 0.25) is 0 Å². The van der Waals surface area contributed by atoms with Gasteiger partial charge in [-0.05, 0) is 29.3 Å². The Kier molecular flexibility index (Phi) is 5.07. The lowest BCUT2D eigenvalue weighted by Gasteiger charge is -2.08. The van der Waals surface area contributed by atoms with Crippen LogP contribution in [-0.2, 0) is 0 Å². The highest BCUT2D eigenvalue weighted by atomic mass is 16.5. The Morgan fingerprint density at radius 3 is 1.94 bits per heavy atom. The second-order valence-corrected chi connectivity index (χ2v) is 7.21. The van der Waals surface area contributed by atoms with Gasteiger partial charge in [0.2, 0.25) is 5.89 Å². The average molecular weight is 403 g/mol. The highest BCUT2D eigenvalue weighted by Gasteiger charge is 2.20. The molecule has 0 unspecified atom stereocenters. The molecule has 1 heterocycles. The van der Waals surface area contributed by atoms with Gasteiger partial charge in [-0.3, -0.25) is 0 Å². The quantitative estimate of drug-likeness (QED) is 0.308. The first-order valence-electron chi connectivity index (χ1n) is 10.2. The van der Waals surface area contributed by atoms with Gasteiger partial charge < -0.3 is 9.15 Å². The molecule has 0 aliphatic heterocycles. The molecule has 150 valence electrons. The van der Waals surface area contributed by atoms with Crippen molar-refractivity contribution in [2.75, 3.05) is 7.11 Å². The van der Waals surface area contributed by atoms with Crippen molar-refractivity contribution in [2.45, 2.75) is 0 Å². The Balaban J connectivity index is 1.70. The van der Waals surface area contributed by atoms with Crippen molar-refractivity contribution in [1.29, 1.82) is 0 Å². The van der Waals surface area contributed by atoms with E-state index < -0.39 is 0 Å². The minimum atomic E-state index is 0.594. The molecule has 0 saturated carbocycles. The molecule has 0 fully saturated rings. The predicted molar refractivity (Wildman–Crippen MR) is 125 cm³/mol. The lowest BCUT2D eigenvalue weighted by Crippen LogP contribution is -1.87. The van der Waals surface area contributed by atoms with Gasteiger partial charge in [-0.25, -0.2) is 4.98 Å². The average Bonchev–Trinajstić information content (AvgIpc) is 3.31. The number of nitrogens with zero attached hydrogens (tertiary/aromatic N) is 1. The van der Waals surface area contributed by atoms with E-state index in [2.05, 4.69) is 24.3 Å². The van der Waals surface area contributed by atoms with Crippen LogP contribution in [0.3, 0.4) is 0 Å².